The number of hydrogen-bond acceptors (Lipinski definition) is 7. The van der Waals surface area contributed by atoms with E-state index >= 15 is 0 Å². The van der Waals surface area contributed by atoms with Gasteiger partial charge >= 0.3 is 0 Å². The highest BCUT2D eigenvalue weighted by Crippen LogP contribution is 2.34. The summed E-state index contributed by atoms with van der Waals surface area (Å²) in [4.78, 5) is 37.7. The molecule has 0 aliphatic rings. The quantitative estimate of drug-likeness (QED) is 0.139. The number of aliphatic hydroxyl groups is 1. The third-order valence-corrected chi connectivity index (χ3v) is 6.36. The van der Waals surface area contributed by atoms with E-state index in [2.05, 4.69) is 10.6 Å². The van der Waals surface area contributed by atoms with Gasteiger partial charge in [-0.15, -0.1) is 0 Å². The van der Waals surface area contributed by atoms with Crippen LogP contribution in [0.4, 0.5) is 17.1 Å². The van der Waals surface area contributed by atoms with Crippen molar-refractivity contribution >= 4 is 22.8 Å². The Kier molecular flexibility index (Phi) is 7.61. The molecule has 4 N–H and O–H groups in total. The first kappa shape index (κ1) is 24.9. The van der Waals surface area contributed by atoms with Crippen LogP contribution in [0, 0.1) is 0 Å². The van der Waals surface area contributed by atoms with Gasteiger partial charge < -0.3 is 20.8 Å². The fourth-order valence-electron chi connectivity index (χ4n) is 4.28. The number of anilines is 3. The Morgan fingerprint density at radius 2 is 1.44 bits per heavy atom. The second-order valence-corrected chi connectivity index (χ2v) is 8.67. The van der Waals surface area contributed by atoms with Crippen molar-refractivity contribution in [2.75, 3.05) is 17.2 Å². The largest absolute Gasteiger partial charge is 0.505 e. The number of carbonyl (C=O) groups excluding carboxylic acids is 1. The lowest BCUT2D eigenvalue weighted by molar-refractivity contribution is 0.0957. The third-order valence-electron chi connectivity index (χ3n) is 6.36. The molecular formula is C29H28N2O5. The molecular weight excluding hydrogens is 456 g/mol. The first-order valence-corrected chi connectivity index (χ1v) is 11.9. The maximum Gasteiger partial charge on any atom is 0.253 e. The van der Waals surface area contributed by atoms with Gasteiger partial charge in [-0.25, -0.2) is 0 Å². The number of carbonyl (C=O) groups is 1. The van der Waals surface area contributed by atoms with Gasteiger partial charge in [0, 0.05) is 12.3 Å². The molecule has 7 nitrogen and oxygen atoms in total. The molecule has 184 valence electrons. The summed E-state index contributed by atoms with van der Waals surface area (Å²) in [6.45, 7) is 1.76. The zero-order valence-electron chi connectivity index (χ0n) is 19.9. The van der Waals surface area contributed by atoms with E-state index in [9.17, 15) is 24.6 Å². The van der Waals surface area contributed by atoms with Crippen molar-refractivity contribution in [1.82, 2.24) is 0 Å². The molecule has 0 heterocycles. The number of ketones is 1. The van der Waals surface area contributed by atoms with Crippen LogP contribution >= 0.6 is 0 Å². The number of phenols is 1. The smallest absolute Gasteiger partial charge is 0.253 e. The van der Waals surface area contributed by atoms with E-state index in [0.29, 0.717) is 6.42 Å². The van der Waals surface area contributed by atoms with E-state index in [4.69, 9.17) is 0 Å². The summed E-state index contributed by atoms with van der Waals surface area (Å²) in [5, 5.41) is 26.6. The summed E-state index contributed by atoms with van der Waals surface area (Å²) in [6, 6.07) is 23.2. The fourth-order valence-corrected chi connectivity index (χ4v) is 4.28. The molecule has 0 fully saturated rings. The second kappa shape index (κ2) is 11.0. The number of nitrogens with one attached hydrogen (secondary N) is 2. The van der Waals surface area contributed by atoms with Gasteiger partial charge in [0.05, 0.1) is 23.9 Å². The van der Waals surface area contributed by atoms with Gasteiger partial charge in [-0.3, -0.25) is 14.4 Å². The van der Waals surface area contributed by atoms with Gasteiger partial charge in [-0.05, 0) is 29.7 Å². The minimum absolute atomic E-state index is 0.000297. The van der Waals surface area contributed by atoms with Crippen molar-refractivity contribution in [2.24, 2.45) is 0 Å². The predicted octanol–water partition coefficient (Wildman–Crippen LogP) is 4.64. The van der Waals surface area contributed by atoms with Gasteiger partial charge in [-0.1, -0.05) is 73.7 Å². The molecule has 0 saturated heterocycles. The maximum atomic E-state index is 13.0. The van der Waals surface area contributed by atoms with Gasteiger partial charge in [0.2, 0.25) is 0 Å². The van der Waals surface area contributed by atoms with Crippen LogP contribution in [0.2, 0.25) is 0 Å². The van der Waals surface area contributed by atoms with Crippen molar-refractivity contribution < 1.29 is 15.0 Å². The Morgan fingerprint density at radius 3 is 2.06 bits per heavy atom. The van der Waals surface area contributed by atoms with E-state index in [0.717, 1.165) is 11.1 Å². The van der Waals surface area contributed by atoms with Crippen molar-refractivity contribution in [3.05, 3.63) is 116 Å². The Labute approximate surface area is 208 Å². The SMILES string of the molecule is CC[C@@H](Nc1c(Nc2cccc(C(=O)C[C@H](CO)c3ccccc3)c2O)c(=O)c1=O)c1ccccc1. The fraction of sp³-hybridized carbons (Fsp3) is 0.207. The zero-order valence-corrected chi connectivity index (χ0v) is 19.9. The zero-order chi connectivity index (χ0) is 25.7. The molecule has 4 aromatic carbocycles. The summed E-state index contributed by atoms with van der Waals surface area (Å²) in [6.07, 6.45) is 0.685. The monoisotopic (exact) mass is 484 g/mol. The number of hydrogen-bond donors (Lipinski definition) is 4. The molecule has 0 aliphatic carbocycles. The van der Waals surface area contributed by atoms with Gasteiger partial charge in [0.25, 0.3) is 10.9 Å². The molecule has 4 aromatic rings. The van der Waals surface area contributed by atoms with Crippen LogP contribution in [0.3, 0.4) is 0 Å². The lowest BCUT2D eigenvalue weighted by atomic mass is 9.92. The number of Topliss-reactive ketones (excluding diaryl/α,β-unsaturated/α-hetero) is 1. The van der Waals surface area contributed by atoms with Crippen molar-refractivity contribution in [3.8, 4) is 5.75 Å². The van der Waals surface area contributed by atoms with Crippen LogP contribution in [0.1, 0.15) is 53.2 Å². The minimum atomic E-state index is -0.694. The lowest BCUT2D eigenvalue weighted by Crippen LogP contribution is -2.37. The summed E-state index contributed by atoms with van der Waals surface area (Å²) in [5.41, 5.74) is 0.885. The van der Waals surface area contributed by atoms with Crippen molar-refractivity contribution in [3.63, 3.8) is 0 Å². The lowest BCUT2D eigenvalue weighted by Gasteiger charge is -2.22. The van der Waals surface area contributed by atoms with Crippen LogP contribution < -0.4 is 21.5 Å². The molecule has 0 radical (unpaired) electrons. The molecule has 7 heteroatoms. The van der Waals surface area contributed by atoms with E-state index < -0.39 is 16.8 Å². The van der Waals surface area contributed by atoms with Crippen LogP contribution in [-0.4, -0.2) is 22.6 Å². The summed E-state index contributed by atoms with van der Waals surface area (Å²) in [5.74, 6) is -1.08. The highest BCUT2D eigenvalue weighted by Gasteiger charge is 2.26. The van der Waals surface area contributed by atoms with Crippen LogP contribution in [0.15, 0.2) is 88.5 Å². The standard InChI is InChI=1S/C29H28N2O5/c1-2-22(19-12-7-4-8-13-19)30-25-26(29(36)28(25)35)31-23-15-9-14-21(27(23)34)24(33)16-20(17-32)18-10-5-3-6-11-18/h3-15,20,22,30-32,34H,2,16-17H2,1H3/t20-,22-/m1/s1. The average Bonchev–Trinajstić information content (AvgIpc) is 2.92. The third kappa shape index (κ3) is 5.06. The van der Waals surface area contributed by atoms with Gasteiger partial charge in [-0.2, -0.15) is 0 Å². The maximum absolute atomic E-state index is 13.0. The number of aliphatic hydroxyl groups excluding tert-OH is 1. The normalized spacial score (nSPS) is 12.7. The molecule has 2 atom stereocenters. The molecule has 0 aliphatic heterocycles. The van der Waals surface area contributed by atoms with Gasteiger partial charge in [0.1, 0.15) is 17.1 Å². The molecule has 0 amide bonds. The molecule has 0 aromatic heterocycles. The Morgan fingerprint density at radius 1 is 0.833 bits per heavy atom. The summed E-state index contributed by atoms with van der Waals surface area (Å²) >= 11 is 0. The van der Waals surface area contributed by atoms with Crippen molar-refractivity contribution in [1.29, 1.82) is 0 Å². The molecule has 0 spiro atoms. The Bertz CT molecular complexity index is 1410. The van der Waals surface area contributed by atoms with Crippen LogP contribution in [0.5, 0.6) is 5.75 Å². The van der Waals surface area contributed by atoms with E-state index in [1.165, 1.54) is 12.1 Å². The Hall–Kier alpha value is -4.23. The number of benzene rings is 3. The van der Waals surface area contributed by atoms with Gasteiger partial charge in [0.15, 0.2) is 5.78 Å². The minimum Gasteiger partial charge on any atom is -0.505 e. The van der Waals surface area contributed by atoms with E-state index in [1.54, 1.807) is 6.07 Å². The number of para-hydroxylation sites is 1. The summed E-state index contributed by atoms with van der Waals surface area (Å²) < 4.78 is 0. The highest BCUT2D eigenvalue weighted by atomic mass is 16.3. The van der Waals surface area contributed by atoms with Crippen LogP contribution in [0.25, 0.3) is 0 Å². The van der Waals surface area contributed by atoms with Crippen molar-refractivity contribution in [2.45, 2.75) is 31.7 Å². The number of aromatic hydroxyl groups is 1. The predicted molar refractivity (Wildman–Crippen MR) is 141 cm³/mol. The van der Waals surface area contributed by atoms with E-state index in [-0.39, 0.29) is 53.2 Å². The molecule has 4 rings (SSSR count). The first-order chi connectivity index (χ1) is 17.4. The molecule has 0 unspecified atom stereocenters. The van der Waals surface area contributed by atoms with E-state index in [1.807, 2.05) is 67.6 Å². The molecule has 0 bridgehead atoms. The van der Waals surface area contributed by atoms with Crippen LogP contribution in [-0.2, 0) is 0 Å². The molecule has 36 heavy (non-hydrogen) atoms. The summed E-state index contributed by atoms with van der Waals surface area (Å²) in [7, 11) is 0. The average molecular weight is 485 g/mol. The molecule has 0 saturated carbocycles. The second-order valence-electron chi connectivity index (χ2n) is 8.67. The number of rotatable bonds is 11. The highest BCUT2D eigenvalue weighted by molar-refractivity contribution is 6.01. The first-order valence-electron chi connectivity index (χ1n) is 11.9. The Balaban J connectivity index is 1.55. The number of phenolic OH excluding ortho intramolecular Hbond substituents is 1. The topological polar surface area (TPSA) is 116 Å².